The molecule has 2 atom stereocenters. The van der Waals surface area contributed by atoms with E-state index in [1.165, 1.54) is 18.4 Å². The zero-order valence-corrected chi connectivity index (χ0v) is 11.7. The zero-order chi connectivity index (χ0) is 12.3. The number of rotatable bonds is 2. The van der Waals surface area contributed by atoms with E-state index < -0.39 is 0 Å². The highest BCUT2D eigenvalue weighted by atomic mass is 32.1. The van der Waals surface area contributed by atoms with Gasteiger partial charge in [-0.3, -0.25) is 0 Å². The lowest BCUT2D eigenvalue weighted by Crippen LogP contribution is -2.50. The SMILES string of the molecule is Cc1cscc1NC(=S)N[C@H]1CCCC[C@@H]1N. The highest BCUT2D eigenvalue weighted by Crippen LogP contribution is 2.20. The van der Waals surface area contributed by atoms with Crippen molar-refractivity contribution in [3.8, 4) is 0 Å². The van der Waals surface area contributed by atoms with Crippen molar-refractivity contribution in [2.45, 2.75) is 44.7 Å². The molecule has 5 heteroatoms. The fourth-order valence-corrected chi connectivity index (χ4v) is 3.20. The quantitative estimate of drug-likeness (QED) is 0.722. The first-order valence-electron chi connectivity index (χ1n) is 6.02. The molecule has 0 aromatic carbocycles. The van der Waals surface area contributed by atoms with Gasteiger partial charge in [0.2, 0.25) is 0 Å². The van der Waals surface area contributed by atoms with Gasteiger partial charge < -0.3 is 16.4 Å². The Kier molecular flexibility index (Phi) is 4.36. The van der Waals surface area contributed by atoms with E-state index in [1.54, 1.807) is 11.3 Å². The molecule has 0 bridgehead atoms. The molecule has 0 radical (unpaired) electrons. The summed E-state index contributed by atoms with van der Waals surface area (Å²) in [7, 11) is 0. The molecule has 94 valence electrons. The Hall–Kier alpha value is -0.650. The average Bonchev–Trinajstić information content (AvgIpc) is 2.68. The predicted octanol–water partition coefficient (Wildman–Crippen LogP) is 2.61. The molecule has 1 aliphatic carbocycles. The highest BCUT2D eigenvalue weighted by Gasteiger charge is 2.22. The third kappa shape index (κ3) is 3.40. The number of thiocarbonyl (C=S) groups is 1. The zero-order valence-electron chi connectivity index (χ0n) is 10.0. The van der Waals surface area contributed by atoms with Crippen LogP contribution in [0.1, 0.15) is 31.2 Å². The molecule has 0 unspecified atom stereocenters. The number of anilines is 1. The molecule has 4 N–H and O–H groups in total. The summed E-state index contributed by atoms with van der Waals surface area (Å²) >= 11 is 7.00. The van der Waals surface area contributed by atoms with Crippen LogP contribution in [0.15, 0.2) is 10.8 Å². The molecule has 1 saturated carbocycles. The Morgan fingerprint density at radius 1 is 1.41 bits per heavy atom. The van der Waals surface area contributed by atoms with Crippen molar-refractivity contribution >= 4 is 34.4 Å². The monoisotopic (exact) mass is 269 g/mol. The summed E-state index contributed by atoms with van der Waals surface area (Å²) in [4.78, 5) is 0. The average molecular weight is 269 g/mol. The van der Waals surface area contributed by atoms with E-state index >= 15 is 0 Å². The number of hydrogen-bond acceptors (Lipinski definition) is 3. The van der Waals surface area contributed by atoms with Gasteiger partial charge >= 0.3 is 0 Å². The van der Waals surface area contributed by atoms with Crippen LogP contribution in [-0.2, 0) is 0 Å². The van der Waals surface area contributed by atoms with Gasteiger partial charge in [-0.25, -0.2) is 0 Å². The van der Waals surface area contributed by atoms with Crippen LogP contribution in [0.2, 0.25) is 0 Å². The van der Waals surface area contributed by atoms with Crippen molar-refractivity contribution in [1.82, 2.24) is 5.32 Å². The van der Waals surface area contributed by atoms with Crippen LogP contribution in [-0.4, -0.2) is 17.2 Å². The van der Waals surface area contributed by atoms with Crippen molar-refractivity contribution in [2.75, 3.05) is 5.32 Å². The maximum absolute atomic E-state index is 6.08. The Labute approximate surface area is 112 Å². The molecule has 1 heterocycles. The molecule has 1 aromatic heterocycles. The van der Waals surface area contributed by atoms with Crippen LogP contribution >= 0.6 is 23.6 Å². The van der Waals surface area contributed by atoms with Crippen LogP contribution in [0.3, 0.4) is 0 Å². The first kappa shape index (κ1) is 12.8. The molecule has 2 rings (SSSR count). The molecule has 0 amide bonds. The van der Waals surface area contributed by atoms with Gasteiger partial charge in [-0.05, 0) is 42.9 Å². The topological polar surface area (TPSA) is 50.1 Å². The van der Waals surface area contributed by atoms with Crippen LogP contribution in [0.5, 0.6) is 0 Å². The Morgan fingerprint density at radius 2 is 2.18 bits per heavy atom. The summed E-state index contributed by atoms with van der Waals surface area (Å²) in [6, 6.07) is 0.551. The first-order valence-corrected chi connectivity index (χ1v) is 7.38. The molecule has 1 aromatic rings. The fourth-order valence-electron chi connectivity index (χ4n) is 2.15. The second-order valence-corrected chi connectivity index (χ2v) is 5.77. The summed E-state index contributed by atoms with van der Waals surface area (Å²) in [5.74, 6) is 0. The van der Waals surface area contributed by atoms with Gasteiger partial charge in [-0.2, -0.15) is 0 Å². The van der Waals surface area contributed by atoms with Crippen molar-refractivity contribution < 1.29 is 0 Å². The van der Waals surface area contributed by atoms with E-state index in [9.17, 15) is 0 Å². The Morgan fingerprint density at radius 3 is 2.82 bits per heavy atom. The fraction of sp³-hybridized carbons (Fsp3) is 0.583. The molecule has 0 saturated heterocycles. The summed E-state index contributed by atoms with van der Waals surface area (Å²) in [6.45, 7) is 2.08. The third-order valence-electron chi connectivity index (χ3n) is 3.24. The minimum absolute atomic E-state index is 0.229. The van der Waals surface area contributed by atoms with Gasteiger partial charge in [-0.15, -0.1) is 11.3 Å². The maximum Gasteiger partial charge on any atom is 0.171 e. The lowest BCUT2D eigenvalue weighted by Gasteiger charge is -2.30. The van der Waals surface area contributed by atoms with Gasteiger partial charge in [0.25, 0.3) is 0 Å². The van der Waals surface area contributed by atoms with Gasteiger partial charge in [0, 0.05) is 17.5 Å². The van der Waals surface area contributed by atoms with Crippen LogP contribution < -0.4 is 16.4 Å². The largest absolute Gasteiger partial charge is 0.358 e. The van der Waals surface area contributed by atoms with Gasteiger partial charge in [0.1, 0.15) is 0 Å². The van der Waals surface area contributed by atoms with E-state index in [4.69, 9.17) is 18.0 Å². The molecule has 0 spiro atoms. The van der Waals surface area contributed by atoms with E-state index in [2.05, 4.69) is 28.3 Å². The van der Waals surface area contributed by atoms with Crippen LogP contribution in [0.25, 0.3) is 0 Å². The molecule has 0 aliphatic heterocycles. The first-order chi connectivity index (χ1) is 8.16. The molecule has 1 aliphatic rings. The molecule has 3 nitrogen and oxygen atoms in total. The minimum atomic E-state index is 0.229. The maximum atomic E-state index is 6.08. The molecular formula is C12H19N3S2. The number of nitrogens with two attached hydrogens (primary N) is 1. The van der Waals surface area contributed by atoms with Gasteiger partial charge in [0.15, 0.2) is 5.11 Å². The standard InChI is InChI=1S/C12H19N3S2/c1-8-6-17-7-11(8)15-12(16)14-10-5-3-2-4-9(10)13/h6-7,9-10H,2-5,13H2,1H3,(H2,14,15,16)/t9-,10-/m0/s1. The second kappa shape index (κ2) is 5.80. The van der Waals surface area contributed by atoms with Crippen LogP contribution in [0.4, 0.5) is 5.69 Å². The normalized spacial score (nSPS) is 24.4. The van der Waals surface area contributed by atoms with Crippen molar-refractivity contribution in [1.29, 1.82) is 0 Å². The van der Waals surface area contributed by atoms with E-state index in [-0.39, 0.29) is 6.04 Å². The van der Waals surface area contributed by atoms with Gasteiger partial charge in [0.05, 0.1) is 5.69 Å². The third-order valence-corrected chi connectivity index (χ3v) is 4.32. The Balaban J connectivity index is 1.86. The molecular weight excluding hydrogens is 250 g/mol. The lowest BCUT2D eigenvalue weighted by molar-refractivity contribution is 0.361. The highest BCUT2D eigenvalue weighted by molar-refractivity contribution is 7.80. The van der Waals surface area contributed by atoms with Gasteiger partial charge in [-0.1, -0.05) is 12.8 Å². The van der Waals surface area contributed by atoms with Crippen molar-refractivity contribution in [3.63, 3.8) is 0 Å². The lowest BCUT2D eigenvalue weighted by atomic mass is 9.91. The Bertz CT molecular complexity index is 389. The van der Waals surface area contributed by atoms with E-state index in [1.807, 2.05) is 0 Å². The number of aryl methyl sites for hydroxylation is 1. The summed E-state index contributed by atoms with van der Waals surface area (Å²) < 4.78 is 0. The number of nitrogens with one attached hydrogen (secondary N) is 2. The smallest absolute Gasteiger partial charge is 0.171 e. The summed E-state index contributed by atoms with van der Waals surface area (Å²) in [5, 5.41) is 11.4. The molecule has 1 fully saturated rings. The minimum Gasteiger partial charge on any atom is -0.358 e. The van der Waals surface area contributed by atoms with Crippen molar-refractivity contribution in [3.05, 3.63) is 16.3 Å². The number of hydrogen-bond donors (Lipinski definition) is 3. The second-order valence-electron chi connectivity index (χ2n) is 4.62. The van der Waals surface area contributed by atoms with Crippen molar-refractivity contribution in [2.24, 2.45) is 5.73 Å². The number of thiophene rings is 1. The van der Waals surface area contributed by atoms with E-state index in [0.29, 0.717) is 11.2 Å². The van der Waals surface area contributed by atoms with E-state index in [0.717, 1.165) is 18.5 Å². The summed E-state index contributed by atoms with van der Waals surface area (Å²) in [6.07, 6.45) is 4.69. The predicted molar refractivity (Wildman–Crippen MR) is 78.6 cm³/mol. The summed E-state index contributed by atoms with van der Waals surface area (Å²) in [5.41, 5.74) is 8.41. The molecule has 17 heavy (non-hydrogen) atoms. The van der Waals surface area contributed by atoms with Crippen LogP contribution in [0, 0.1) is 6.92 Å².